The van der Waals surface area contributed by atoms with Gasteiger partial charge in [0, 0.05) is 31.6 Å². The zero-order chi connectivity index (χ0) is 12.3. The van der Waals surface area contributed by atoms with Crippen molar-refractivity contribution in [1.82, 2.24) is 14.5 Å². The number of nitrogens with two attached hydrogens (primary N) is 1. The zero-order valence-electron chi connectivity index (χ0n) is 10.3. The van der Waals surface area contributed by atoms with E-state index in [1.807, 2.05) is 31.5 Å². The minimum Gasteiger partial charge on any atom is -0.335 e. The van der Waals surface area contributed by atoms with E-state index in [0.717, 1.165) is 24.5 Å². The van der Waals surface area contributed by atoms with Crippen LogP contribution in [0.4, 0.5) is 0 Å². The second-order valence-electron chi connectivity index (χ2n) is 4.20. The van der Waals surface area contributed by atoms with E-state index in [-0.39, 0.29) is 6.04 Å². The average molecular weight is 230 g/mol. The van der Waals surface area contributed by atoms with Crippen molar-refractivity contribution in [1.29, 1.82) is 0 Å². The molecule has 0 aliphatic carbocycles. The number of nitrogens with zero attached hydrogens (tertiary/aromatic N) is 3. The lowest BCUT2D eigenvalue weighted by Gasteiger charge is -2.12. The van der Waals surface area contributed by atoms with Crippen LogP contribution in [0, 0.1) is 6.92 Å². The van der Waals surface area contributed by atoms with Gasteiger partial charge in [0.25, 0.3) is 0 Å². The molecule has 90 valence electrons. The Labute approximate surface area is 102 Å². The minimum absolute atomic E-state index is 0.0948. The molecule has 4 heteroatoms. The first kappa shape index (κ1) is 11.8. The van der Waals surface area contributed by atoms with Crippen LogP contribution >= 0.6 is 0 Å². The zero-order valence-corrected chi connectivity index (χ0v) is 10.3. The molecule has 17 heavy (non-hydrogen) atoms. The van der Waals surface area contributed by atoms with Crippen molar-refractivity contribution >= 4 is 0 Å². The number of rotatable bonds is 4. The standard InChI is InChI=1S/C13H18N4/c1-3-17-7-6-16-13(17)9-11(14)12-8-10(2)4-5-15-12/h4-8,11H,3,9,14H2,1-2H3. The van der Waals surface area contributed by atoms with Gasteiger partial charge in [-0.2, -0.15) is 0 Å². The van der Waals surface area contributed by atoms with Crippen LogP contribution in [0.15, 0.2) is 30.7 Å². The summed E-state index contributed by atoms with van der Waals surface area (Å²) >= 11 is 0. The SMILES string of the molecule is CCn1ccnc1CC(N)c1cc(C)ccn1. The molecule has 0 amide bonds. The van der Waals surface area contributed by atoms with Crippen LogP contribution in [0.1, 0.15) is 30.0 Å². The fraction of sp³-hybridized carbons (Fsp3) is 0.385. The maximum Gasteiger partial charge on any atom is 0.110 e. The van der Waals surface area contributed by atoms with E-state index in [2.05, 4.69) is 21.5 Å². The summed E-state index contributed by atoms with van der Waals surface area (Å²) in [6.45, 7) is 5.07. The Balaban J connectivity index is 2.14. The molecule has 2 heterocycles. The molecule has 2 aromatic heterocycles. The van der Waals surface area contributed by atoms with Gasteiger partial charge >= 0.3 is 0 Å². The van der Waals surface area contributed by atoms with Crippen molar-refractivity contribution in [3.05, 3.63) is 47.8 Å². The molecule has 0 aromatic carbocycles. The maximum absolute atomic E-state index is 6.16. The number of hydrogen-bond donors (Lipinski definition) is 1. The quantitative estimate of drug-likeness (QED) is 0.872. The average Bonchev–Trinajstić information content (AvgIpc) is 2.76. The highest BCUT2D eigenvalue weighted by atomic mass is 15.1. The molecule has 1 unspecified atom stereocenters. The molecule has 4 nitrogen and oxygen atoms in total. The molecule has 0 bridgehead atoms. The van der Waals surface area contributed by atoms with Crippen molar-refractivity contribution in [2.45, 2.75) is 32.9 Å². The molecule has 0 spiro atoms. The van der Waals surface area contributed by atoms with Crippen molar-refractivity contribution in [3.8, 4) is 0 Å². The second-order valence-corrected chi connectivity index (χ2v) is 4.20. The Kier molecular flexibility index (Phi) is 3.54. The Hall–Kier alpha value is -1.68. The van der Waals surface area contributed by atoms with Gasteiger partial charge < -0.3 is 10.3 Å². The summed E-state index contributed by atoms with van der Waals surface area (Å²) in [6.07, 6.45) is 6.31. The Morgan fingerprint density at radius 2 is 2.18 bits per heavy atom. The maximum atomic E-state index is 6.16. The van der Waals surface area contributed by atoms with Crippen LogP contribution in [0.3, 0.4) is 0 Å². The van der Waals surface area contributed by atoms with E-state index in [0.29, 0.717) is 0 Å². The van der Waals surface area contributed by atoms with Gasteiger partial charge in [0.2, 0.25) is 0 Å². The van der Waals surface area contributed by atoms with Gasteiger partial charge in [0.05, 0.1) is 11.7 Å². The Bertz CT molecular complexity index is 490. The molecule has 0 fully saturated rings. The first-order chi connectivity index (χ1) is 8.20. The normalized spacial score (nSPS) is 12.6. The van der Waals surface area contributed by atoms with Crippen molar-refractivity contribution < 1.29 is 0 Å². The van der Waals surface area contributed by atoms with E-state index in [9.17, 15) is 0 Å². The van der Waals surface area contributed by atoms with Gasteiger partial charge in [-0.25, -0.2) is 4.98 Å². The summed E-state index contributed by atoms with van der Waals surface area (Å²) in [7, 11) is 0. The summed E-state index contributed by atoms with van der Waals surface area (Å²) in [5.74, 6) is 1.02. The summed E-state index contributed by atoms with van der Waals surface area (Å²) < 4.78 is 2.11. The van der Waals surface area contributed by atoms with Crippen molar-refractivity contribution in [3.63, 3.8) is 0 Å². The summed E-state index contributed by atoms with van der Waals surface area (Å²) in [5, 5.41) is 0. The number of pyridine rings is 1. The van der Waals surface area contributed by atoms with E-state index in [1.165, 1.54) is 5.56 Å². The highest BCUT2D eigenvalue weighted by Gasteiger charge is 2.11. The first-order valence-electron chi connectivity index (χ1n) is 5.89. The fourth-order valence-electron chi connectivity index (χ4n) is 1.88. The van der Waals surface area contributed by atoms with E-state index in [1.54, 1.807) is 6.20 Å². The minimum atomic E-state index is -0.0948. The molecular weight excluding hydrogens is 212 g/mol. The van der Waals surface area contributed by atoms with Crippen LogP contribution in [-0.2, 0) is 13.0 Å². The lowest BCUT2D eigenvalue weighted by Crippen LogP contribution is -2.17. The van der Waals surface area contributed by atoms with Gasteiger partial charge in [0.15, 0.2) is 0 Å². The van der Waals surface area contributed by atoms with Crippen molar-refractivity contribution in [2.24, 2.45) is 5.73 Å². The monoisotopic (exact) mass is 230 g/mol. The highest BCUT2D eigenvalue weighted by molar-refractivity contribution is 5.18. The molecule has 2 N–H and O–H groups in total. The summed E-state index contributed by atoms with van der Waals surface area (Å²) in [6, 6.07) is 3.91. The molecule has 0 aliphatic heterocycles. The fourth-order valence-corrected chi connectivity index (χ4v) is 1.88. The number of aromatic nitrogens is 3. The number of imidazole rings is 1. The van der Waals surface area contributed by atoms with E-state index in [4.69, 9.17) is 5.73 Å². The van der Waals surface area contributed by atoms with Gasteiger partial charge in [-0.05, 0) is 31.5 Å². The van der Waals surface area contributed by atoms with Crippen LogP contribution in [0.25, 0.3) is 0 Å². The molecule has 1 atom stereocenters. The third-order valence-corrected chi connectivity index (χ3v) is 2.86. The first-order valence-corrected chi connectivity index (χ1v) is 5.89. The highest BCUT2D eigenvalue weighted by Crippen LogP contribution is 2.14. The molecule has 2 rings (SSSR count). The molecular formula is C13H18N4. The molecule has 0 radical (unpaired) electrons. The third-order valence-electron chi connectivity index (χ3n) is 2.86. The summed E-state index contributed by atoms with van der Waals surface area (Å²) in [4.78, 5) is 8.64. The number of aryl methyl sites for hydroxylation is 2. The van der Waals surface area contributed by atoms with Gasteiger partial charge in [0.1, 0.15) is 5.82 Å². The van der Waals surface area contributed by atoms with Crippen LogP contribution in [-0.4, -0.2) is 14.5 Å². The number of hydrogen-bond acceptors (Lipinski definition) is 3. The molecule has 0 saturated heterocycles. The topological polar surface area (TPSA) is 56.7 Å². The van der Waals surface area contributed by atoms with E-state index >= 15 is 0 Å². The Morgan fingerprint density at radius 1 is 1.35 bits per heavy atom. The smallest absolute Gasteiger partial charge is 0.110 e. The van der Waals surface area contributed by atoms with Crippen LogP contribution in [0.5, 0.6) is 0 Å². The molecule has 0 aliphatic rings. The largest absolute Gasteiger partial charge is 0.335 e. The van der Waals surface area contributed by atoms with Gasteiger partial charge in [-0.3, -0.25) is 4.98 Å². The lowest BCUT2D eigenvalue weighted by molar-refractivity contribution is 0.617. The van der Waals surface area contributed by atoms with Crippen LogP contribution in [0.2, 0.25) is 0 Å². The lowest BCUT2D eigenvalue weighted by atomic mass is 10.1. The second kappa shape index (κ2) is 5.10. The van der Waals surface area contributed by atoms with E-state index < -0.39 is 0 Å². The van der Waals surface area contributed by atoms with Crippen molar-refractivity contribution in [2.75, 3.05) is 0 Å². The summed E-state index contributed by atoms with van der Waals surface area (Å²) in [5.41, 5.74) is 8.27. The molecule has 0 saturated carbocycles. The molecule has 2 aromatic rings. The predicted molar refractivity (Wildman–Crippen MR) is 67.5 cm³/mol. The Morgan fingerprint density at radius 3 is 2.88 bits per heavy atom. The predicted octanol–water partition coefficient (Wildman–Crippen LogP) is 1.85. The van der Waals surface area contributed by atoms with Gasteiger partial charge in [-0.15, -0.1) is 0 Å². The third kappa shape index (κ3) is 2.71. The van der Waals surface area contributed by atoms with Gasteiger partial charge in [-0.1, -0.05) is 0 Å². The van der Waals surface area contributed by atoms with Crippen LogP contribution < -0.4 is 5.73 Å².